The summed E-state index contributed by atoms with van der Waals surface area (Å²) in [4.78, 5) is 40.2. The van der Waals surface area contributed by atoms with E-state index >= 15 is 0 Å². The molecule has 5 rings (SSSR count). The highest BCUT2D eigenvalue weighted by Crippen LogP contribution is 2.33. The Morgan fingerprint density at radius 3 is 2.07 bits per heavy atom. The first-order valence-electron chi connectivity index (χ1n) is 13.6. The lowest BCUT2D eigenvalue weighted by atomic mass is 9.88. The van der Waals surface area contributed by atoms with E-state index in [1.54, 1.807) is 24.4 Å². The number of ether oxygens (including phenoxy) is 1. The van der Waals surface area contributed by atoms with E-state index in [0.29, 0.717) is 22.0 Å². The van der Waals surface area contributed by atoms with Crippen LogP contribution in [0.3, 0.4) is 0 Å². The van der Waals surface area contributed by atoms with E-state index in [1.807, 2.05) is 72.8 Å². The second-order valence-corrected chi connectivity index (χ2v) is 10.9. The number of benzene rings is 3. The van der Waals surface area contributed by atoms with Gasteiger partial charge in [0.25, 0.3) is 5.56 Å². The minimum atomic E-state index is -0.631. The van der Waals surface area contributed by atoms with Crippen LogP contribution in [0.4, 0.5) is 5.00 Å². The quantitative estimate of drug-likeness (QED) is 0.196. The molecule has 1 amide bonds. The zero-order valence-corrected chi connectivity index (χ0v) is 24.0. The number of carbonyl (C=O) groups is 2. The highest BCUT2D eigenvalue weighted by atomic mass is 32.1. The van der Waals surface area contributed by atoms with Crippen molar-refractivity contribution in [1.82, 2.24) is 9.78 Å². The summed E-state index contributed by atoms with van der Waals surface area (Å²) in [6, 6.07) is 27.2. The molecule has 0 aliphatic carbocycles. The Labute approximate surface area is 242 Å². The maximum Gasteiger partial charge on any atom is 0.359 e. The van der Waals surface area contributed by atoms with Crippen LogP contribution in [-0.2, 0) is 9.53 Å². The summed E-state index contributed by atoms with van der Waals surface area (Å²) >= 11 is 1.19. The monoisotopic (exact) mass is 565 g/mol. The van der Waals surface area contributed by atoms with E-state index in [-0.39, 0.29) is 35.9 Å². The van der Waals surface area contributed by atoms with Gasteiger partial charge < -0.3 is 10.1 Å². The third-order valence-corrected chi connectivity index (χ3v) is 7.87. The minimum Gasteiger partial charge on any atom is -0.461 e. The van der Waals surface area contributed by atoms with E-state index in [4.69, 9.17) is 4.74 Å². The maximum atomic E-state index is 13.8. The van der Waals surface area contributed by atoms with Crippen molar-refractivity contribution >= 4 is 39.0 Å². The van der Waals surface area contributed by atoms with Gasteiger partial charge in [-0.25, -0.2) is 4.79 Å². The maximum absolute atomic E-state index is 13.8. The number of anilines is 1. The minimum absolute atomic E-state index is 0.0255. The molecular weight excluding hydrogens is 534 g/mol. The van der Waals surface area contributed by atoms with Gasteiger partial charge in [0, 0.05) is 23.1 Å². The summed E-state index contributed by atoms with van der Waals surface area (Å²) in [6.45, 7) is 6.05. The van der Waals surface area contributed by atoms with Crippen LogP contribution in [0.1, 0.15) is 66.2 Å². The summed E-state index contributed by atoms with van der Waals surface area (Å²) in [7, 11) is 0. The van der Waals surface area contributed by atoms with Gasteiger partial charge in [-0.15, -0.1) is 11.3 Å². The molecule has 0 fully saturated rings. The molecule has 0 bridgehead atoms. The number of aromatic nitrogens is 2. The molecule has 208 valence electrons. The molecule has 0 radical (unpaired) electrons. The van der Waals surface area contributed by atoms with E-state index in [2.05, 4.69) is 24.3 Å². The number of fused-ring (bicyclic) bond motifs is 1. The lowest BCUT2D eigenvalue weighted by molar-refractivity contribution is -0.116. The normalized spacial score (nSPS) is 11.2. The number of esters is 1. The fraction of sp³-hybridized carbons (Fsp3) is 0.212. The van der Waals surface area contributed by atoms with Crippen LogP contribution >= 0.6 is 11.3 Å². The fourth-order valence-corrected chi connectivity index (χ4v) is 5.78. The summed E-state index contributed by atoms with van der Waals surface area (Å²) in [6.07, 6.45) is 0.175. The van der Waals surface area contributed by atoms with Crippen LogP contribution in [0.5, 0.6) is 0 Å². The Hall–Kier alpha value is -4.56. The zero-order valence-electron chi connectivity index (χ0n) is 23.2. The van der Waals surface area contributed by atoms with Gasteiger partial charge in [0.2, 0.25) is 5.91 Å². The molecule has 41 heavy (non-hydrogen) atoms. The Morgan fingerprint density at radius 1 is 0.902 bits per heavy atom. The third-order valence-electron chi connectivity index (χ3n) is 6.97. The Kier molecular flexibility index (Phi) is 8.40. The van der Waals surface area contributed by atoms with Gasteiger partial charge in [-0.05, 0) is 41.7 Å². The molecule has 0 saturated heterocycles. The topological polar surface area (TPSA) is 90.3 Å². The molecule has 5 aromatic rings. The largest absolute Gasteiger partial charge is 0.461 e. The summed E-state index contributed by atoms with van der Waals surface area (Å²) in [5.74, 6) is -0.723. The summed E-state index contributed by atoms with van der Waals surface area (Å²) in [5, 5.41) is 9.99. The number of hydrogen-bond donors (Lipinski definition) is 1. The highest BCUT2D eigenvalue weighted by Gasteiger charge is 2.24. The Balaban J connectivity index is 1.54. The molecule has 0 atom stereocenters. The van der Waals surface area contributed by atoms with Gasteiger partial charge in [0.1, 0.15) is 5.00 Å². The van der Waals surface area contributed by atoms with Crippen molar-refractivity contribution in [2.75, 3.05) is 11.9 Å². The number of carbonyl (C=O) groups excluding carboxylic acids is 2. The predicted molar refractivity (Wildman–Crippen MR) is 163 cm³/mol. The fourth-order valence-electron chi connectivity index (χ4n) is 4.83. The molecule has 0 aliphatic rings. The number of thiophene rings is 1. The molecule has 3 aromatic carbocycles. The second kappa shape index (κ2) is 12.3. The van der Waals surface area contributed by atoms with Crippen LogP contribution in [-0.4, -0.2) is 28.3 Å². The van der Waals surface area contributed by atoms with Crippen molar-refractivity contribution in [3.8, 4) is 5.69 Å². The van der Waals surface area contributed by atoms with Crippen LogP contribution in [0, 0.1) is 0 Å². The van der Waals surface area contributed by atoms with Crippen molar-refractivity contribution in [2.24, 2.45) is 0 Å². The number of nitrogens with zero attached hydrogens (tertiary/aromatic N) is 2. The van der Waals surface area contributed by atoms with Crippen LogP contribution in [0.25, 0.3) is 16.5 Å². The number of nitrogens with one attached hydrogen (secondary N) is 1. The van der Waals surface area contributed by atoms with Gasteiger partial charge in [0.05, 0.1) is 17.7 Å². The molecule has 0 spiro atoms. The zero-order chi connectivity index (χ0) is 28.9. The molecule has 2 heterocycles. The van der Waals surface area contributed by atoms with Crippen LogP contribution in [0.2, 0.25) is 0 Å². The lowest BCUT2D eigenvalue weighted by Gasteiger charge is -2.18. The SMILES string of the molecule is CCOC(=O)c1nn(-c2ccc(C(C)C)cc2)c(=O)c2c(NC(=O)CC(c3ccccc3)c3ccccc3)scc12. The molecule has 2 aromatic heterocycles. The molecule has 0 aliphatic heterocycles. The van der Waals surface area contributed by atoms with E-state index in [0.717, 1.165) is 16.7 Å². The first kappa shape index (κ1) is 28.0. The van der Waals surface area contributed by atoms with Gasteiger partial charge in [0.15, 0.2) is 5.69 Å². The summed E-state index contributed by atoms with van der Waals surface area (Å²) < 4.78 is 6.46. The average molecular weight is 566 g/mol. The molecular formula is C33H31N3O4S. The molecule has 8 heteroatoms. The third kappa shape index (κ3) is 5.98. The van der Waals surface area contributed by atoms with Crippen molar-refractivity contribution in [2.45, 2.75) is 39.0 Å². The number of amides is 1. The van der Waals surface area contributed by atoms with Gasteiger partial charge in [-0.1, -0.05) is 86.6 Å². The molecule has 1 N–H and O–H groups in total. The van der Waals surface area contributed by atoms with Gasteiger partial charge in [-0.2, -0.15) is 9.78 Å². The standard InChI is InChI=1S/C33H31N3O4S/c1-4-40-33(39)30-27-20-41-31(29(27)32(38)36(35-30)25-17-15-22(16-18-25)21(2)3)34-28(37)19-26(23-11-7-5-8-12-23)24-13-9-6-10-14-24/h5-18,20-21,26H,4,19H2,1-3H3,(H,34,37). The lowest BCUT2D eigenvalue weighted by Crippen LogP contribution is -2.25. The smallest absolute Gasteiger partial charge is 0.359 e. The first-order valence-corrected chi connectivity index (χ1v) is 14.5. The van der Waals surface area contributed by atoms with Crippen LogP contribution in [0.15, 0.2) is 95.1 Å². The Morgan fingerprint density at radius 2 is 1.51 bits per heavy atom. The number of rotatable bonds is 9. The first-order chi connectivity index (χ1) is 19.9. The van der Waals surface area contributed by atoms with E-state index in [9.17, 15) is 14.4 Å². The van der Waals surface area contributed by atoms with Crippen molar-refractivity contribution in [3.05, 3.63) is 123 Å². The van der Waals surface area contributed by atoms with E-state index in [1.165, 1.54) is 16.0 Å². The number of hydrogen-bond acceptors (Lipinski definition) is 6. The second-order valence-electron chi connectivity index (χ2n) is 10.0. The average Bonchev–Trinajstić information content (AvgIpc) is 3.41. The van der Waals surface area contributed by atoms with Crippen molar-refractivity contribution < 1.29 is 14.3 Å². The summed E-state index contributed by atoms with van der Waals surface area (Å²) in [5.41, 5.74) is 3.27. The highest BCUT2D eigenvalue weighted by molar-refractivity contribution is 7.16. The predicted octanol–water partition coefficient (Wildman–Crippen LogP) is 6.91. The van der Waals surface area contributed by atoms with Gasteiger partial charge in [-0.3, -0.25) is 9.59 Å². The molecule has 0 unspecified atom stereocenters. The molecule has 0 saturated carbocycles. The van der Waals surface area contributed by atoms with E-state index < -0.39 is 11.5 Å². The van der Waals surface area contributed by atoms with Crippen LogP contribution < -0.4 is 10.9 Å². The van der Waals surface area contributed by atoms with Gasteiger partial charge >= 0.3 is 5.97 Å². The van der Waals surface area contributed by atoms with Crippen molar-refractivity contribution in [1.29, 1.82) is 0 Å². The van der Waals surface area contributed by atoms with Crippen molar-refractivity contribution in [3.63, 3.8) is 0 Å². The Bertz CT molecular complexity index is 1690. The molecule has 7 nitrogen and oxygen atoms in total.